The van der Waals surface area contributed by atoms with Gasteiger partial charge in [-0.15, -0.1) is 10.2 Å². The van der Waals surface area contributed by atoms with Gasteiger partial charge in [0.15, 0.2) is 5.82 Å². The van der Waals surface area contributed by atoms with E-state index in [2.05, 4.69) is 14.8 Å². The van der Waals surface area contributed by atoms with Gasteiger partial charge in [0.05, 0.1) is 6.04 Å². The lowest BCUT2D eigenvalue weighted by Gasteiger charge is -2.35. The second-order valence-corrected chi connectivity index (χ2v) is 9.96. The number of hydrogen-bond donors (Lipinski definition) is 0. The van der Waals surface area contributed by atoms with Crippen molar-refractivity contribution in [3.05, 3.63) is 11.6 Å². The Hall–Kier alpha value is -0.990. The molecule has 3 heterocycles. The first-order valence-electron chi connectivity index (χ1n) is 10.3. The van der Waals surface area contributed by atoms with Crippen LogP contribution in [0.3, 0.4) is 0 Å². The van der Waals surface area contributed by atoms with Crippen molar-refractivity contribution in [2.75, 3.05) is 13.6 Å². The van der Waals surface area contributed by atoms with E-state index in [9.17, 15) is 8.42 Å². The number of hydrogen-bond acceptors (Lipinski definition) is 4. The Morgan fingerprint density at radius 3 is 2.50 bits per heavy atom. The Morgan fingerprint density at radius 2 is 1.69 bits per heavy atom. The van der Waals surface area contributed by atoms with E-state index in [1.807, 2.05) is 0 Å². The summed E-state index contributed by atoms with van der Waals surface area (Å²) in [6.45, 7) is 1.51. The molecule has 26 heavy (non-hydrogen) atoms. The first-order valence-corrected chi connectivity index (χ1v) is 11.7. The van der Waals surface area contributed by atoms with E-state index in [-0.39, 0.29) is 12.1 Å². The Bertz CT molecular complexity index is 726. The summed E-state index contributed by atoms with van der Waals surface area (Å²) in [7, 11) is -1.69. The van der Waals surface area contributed by atoms with Crippen LogP contribution in [0.25, 0.3) is 0 Å². The molecule has 7 nitrogen and oxygen atoms in total. The summed E-state index contributed by atoms with van der Waals surface area (Å²) in [6.07, 6.45) is 11.6. The zero-order valence-corrected chi connectivity index (χ0v) is 16.6. The van der Waals surface area contributed by atoms with Gasteiger partial charge in [-0.1, -0.05) is 25.7 Å². The number of nitrogens with zero attached hydrogens (tertiary/aromatic N) is 5. The fourth-order valence-corrected chi connectivity index (χ4v) is 6.63. The van der Waals surface area contributed by atoms with Crippen LogP contribution in [0.15, 0.2) is 0 Å². The van der Waals surface area contributed by atoms with Crippen molar-refractivity contribution >= 4 is 10.2 Å². The lowest BCUT2D eigenvalue weighted by Crippen LogP contribution is -2.47. The van der Waals surface area contributed by atoms with Gasteiger partial charge >= 0.3 is 0 Å². The summed E-state index contributed by atoms with van der Waals surface area (Å²) in [4.78, 5) is 0. The van der Waals surface area contributed by atoms with Gasteiger partial charge in [0.1, 0.15) is 5.82 Å². The standard InChI is InChI=1S/C18H31N5O2S/c1-21(15-9-4-2-5-10-15)26(24,25)23-14-8-11-16(23)18-20-19-17-12-6-3-7-13-22(17)18/h15-16H,2-14H2,1H3. The van der Waals surface area contributed by atoms with Crippen LogP contribution in [0.1, 0.15) is 81.9 Å². The molecule has 1 aromatic rings. The molecule has 0 spiro atoms. The molecule has 1 aliphatic carbocycles. The van der Waals surface area contributed by atoms with Crippen molar-refractivity contribution in [1.29, 1.82) is 0 Å². The van der Waals surface area contributed by atoms with Crippen LogP contribution in [-0.2, 0) is 23.2 Å². The van der Waals surface area contributed by atoms with E-state index in [1.165, 1.54) is 12.8 Å². The highest BCUT2D eigenvalue weighted by molar-refractivity contribution is 7.86. The minimum absolute atomic E-state index is 0.144. The maximum Gasteiger partial charge on any atom is 0.282 e. The topological polar surface area (TPSA) is 71.3 Å². The van der Waals surface area contributed by atoms with Crippen LogP contribution in [0, 0.1) is 0 Å². The molecule has 1 unspecified atom stereocenters. The van der Waals surface area contributed by atoms with E-state index >= 15 is 0 Å². The molecular formula is C18H31N5O2S. The molecule has 0 aromatic carbocycles. The number of rotatable bonds is 4. The van der Waals surface area contributed by atoms with Gasteiger partial charge in [-0.2, -0.15) is 17.0 Å². The molecule has 1 aromatic heterocycles. The van der Waals surface area contributed by atoms with Crippen LogP contribution >= 0.6 is 0 Å². The third kappa shape index (κ3) is 3.31. The third-order valence-electron chi connectivity index (χ3n) is 6.39. The molecule has 0 radical (unpaired) electrons. The smallest absolute Gasteiger partial charge is 0.282 e. The van der Waals surface area contributed by atoms with Gasteiger partial charge in [-0.3, -0.25) is 0 Å². The molecule has 1 atom stereocenters. The Balaban J connectivity index is 1.59. The third-order valence-corrected chi connectivity index (χ3v) is 8.44. The minimum Gasteiger partial charge on any atom is -0.314 e. The van der Waals surface area contributed by atoms with Crippen molar-refractivity contribution in [3.8, 4) is 0 Å². The number of fused-ring (bicyclic) bond motifs is 1. The number of aryl methyl sites for hydroxylation is 1. The lowest BCUT2D eigenvalue weighted by atomic mass is 9.96. The lowest BCUT2D eigenvalue weighted by molar-refractivity contribution is 0.256. The predicted molar refractivity (Wildman–Crippen MR) is 99.8 cm³/mol. The SMILES string of the molecule is CN(C1CCCCC1)S(=O)(=O)N1CCCC1c1nnc2n1CCCCC2. The molecule has 0 N–H and O–H groups in total. The average molecular weight is 382 g/mol. The van der Waals surface area contributed by atoms with Crippen LogP contribution in [0.2, 0.25) is 0 Å². The highest BCUT2D eigenvalue weighted by atomic mass is 32.2. The van der Waals surface area contributed by atoms with Gasteiger partial charge in [-0.05, 0) is 38.5 Å². The maximum atomic E-state index is 13.4. The summed E-state index contributed by atoms with van der Waals surface area (Å²) in [6, 6.07) is -0.0177. The summed E-state index contributed by atoms with van der Waals surface area (Å²) >= 11 is 0. The van der Waals surface area contributed by atoms with Crippen molar-refractivity contribution in [1.82, 2.24) is 23.4 Å². The van der Waals surface area contributed by atoms with E-state index in [0.717, 1.165) is 76.0 Å². The van der Waals surface area contributed by atoms with Gasteiger partial charge in [0, 0.05) is 32.6 Å². The molecule has 8 heteroatoms. The van der Waals surface area contributed by atoms with Crippen molar-refractivity contribution in [2.24, 2.45) is 0 Å². The fraction of sp³-hybridized carbons (Fsp3) is 0.889. The molecule has 0 bridgehead atoms. The van der Waals surface area contributed by atoms with Crippen LogP contribution < -0.4 is 0 Å². The normalized spacial score (nSPS) is 26.2. The quantitative estimate of drug-likeness (QED) is 0.804. The van der Waals surface area contributed by atoms with Crippen LogP contribution in [0.5, 0.6) is 0 Å². The molecule has 1 saturated heterocycles. The van der Waals surface area contributed by atoms with Crippen molar-refractivity contribution in [3.63, 3.8) is 0 Å². The van der Waals surface area contributed by atoms with Gasteiger partial charge in [0.25, 0.3) is 10.2 Å². The molecule has 146 valence electrons. The van der Waals surface area contributed by atoms with Gasteiger partial charge in [-0.25, -0.2) is 0 Å². The van der Waals surface area contributed by atoms with Crippen LogP contribution in [0.4, 0.5) is 0 Å². The number of aromatic nitrogens is 3. The second kappa shape index (κ2) is 7.56. The first-order chi connectivity index (χ1) is 12.6. The summed E-state index contributed by atoms with van der Waals surface area (Å²) < 4.78 is 32.3. The molecule has 2 fully saturated rings. The summed E-state index contributed by atoms with van der Waals surface area (Å²) in [5.74, 6) is 1.89. The summed E-state index contributed by atoms with van der Waals surface area (Å²) in [5, 5.41) is 8.84. The van der Waals surface area contributed by atoms with Crippen molar-refractivity contribution < 1.29 is 8.42 Å². The minimum atomic E-state index is -3.46. The van der Waals surface area contributed by atoms with Crippen LogP contribution in [-0.4, -0.2) is 51.4 Å². The first kappa shape index (κ1) is 18.4. The van der Waals surface area contributed by atoms with Gasteiger partial charge in [0.2, 0.25) is 0 Å². The molecular weight excluding hydrogens is 350 g/mol. The fourth-order valence-electron chi connectivity index (χ4n) is 4.83. The molecule has 0 amide bonds. The van der Waals surface area contributed by atoms with E-state index in [1.54, 1.807) is 15.7 Å². The Morgan fingerprint density at radius 1 is 0.923 bits per heavy atom. The monoisotopic (exact) mass is 381 g/mol. The molecule has 4 rings (SSSR count). The molecule has 3 aliphatic rings. The van der Waals surface area contributed by atoms with E-state index in [0.29, 0.717) is 6.54 Å². The highest BCUT2D eigenvalue weighted by Crippen LogP contribution is 2.36. The predicted octanol–water partition coefficient (Wildman–Crippen LogP) is 2.65. The molecule has 1 saturated carbocycles. The highest BCUT2D eigenvalue weighted by Gasteiger charge is 2.42. The summed E-state index contributed by atoms with van der Waals surface area (Å²) in [5.41, 5.74) is 0. The Labute approximate surface area is 156 Å². The van der Waals surface area contributed by atoms with E-state index < -0.39 is 10.2 Å². The largest absolute Gasteiger partial charge is 0.314 e. The zero-order valence-electron chi connectivity index (χ0n) is 15.8. The average Bonchev–Trinajstić information content (AvgIpc) is 3.23. The van der Waals surface area contributed by atoms with E-state index in [4.69, 9.17) is 0 Å². The molecule has 2 aliphatic heterocycles. The maximum absolute atomic E-state index is 13.4. The zero-order chi connectivity index (χ0) is 18.1. The second-order valence-electron chi connectivity index (χ2n) is 8.02. The van der Waals surface area contributed by atoms with Gasteiger partial charge < -0.3 is 4.57 Å². The van der Waals surface area contributed by atoms with Crippen molar-refractivity contribution in [2.45, 2.75) is 89.3 Å². The Kier molecular flexibility index (Phi) is 5.34.